The Balaban J connectivity index is 2.08. The van der Waals surface area contributed by atoms with Gasteiger partial charge >= 0.3 is 11.9 Å². The maximum Gasteiger partial charge on any atom is 0.312 e. The summed E-state index contributed by atoms with van der Waals surface area (Å²) in [5, 5.41) is 0. The second-order valence-corrected chi connectivity index (χ2v) is 5.55. The number of hydrogen-bond acceptors (Lipinski definition) is 4. The number of esters is 2. The van der Waals surface area contributed by atoms with Crippen molar-refractivity contribution in [3.63, 3.8) is 0 Å². The van der Waals surface area contributed by atoms with Gasteiger partial charge in [0.05, 0.1) is 13.0 Å². The molecule has 2 aliphatic rings. The Morgan fingerprint density at radius 2 is 1.67 bits per heavy atom. The number of carbonyl (C=O) groups is 2. The molecule has 2 saturated carbocycles. The lowest BCUT2D eigenvalue weighted by Crippen LogP contribution is -2.43. The van der Waals surface area contributed by atoms with E-state index in [4.69, 9.17) is 9.47 Å². The molecule has 4 atom stereocenters. The minimum Gasteiger partial charge on any atom is -0.469 e. The lowest BCUT2D eigenvalue weighted by Gasteiger charge is -2.42. The van der Waals surface area contributed by atoms with Crippen LogP contribution < -0.4 is 0 Å². The number of fused-ring (bicyclic) bond motifs is 1. The molecule has 2 rings (SSSR count). The summed E-state index contributed by atoms with van der Waals surface area (Å²) in [6, 6.07) is 0. The Labute approximate surface area is 108 Å². The van der Waals surface area contributed by atoms with E-state index in [9.17, 15) is 9.59 Å². The molecular weight excluding hydrogens is 232 g/mol. The quantitative estimate of drug-likeness (QED) is 0.710. The molecule has 2 aliphatic carbocycles. The monoisotopic (exact) mass is 254 g/mol. The maximum atomic E-state index is 11.8. The van der Waals surface area contributed by atoms with Crippen molar-refractivity contribution >= 4 is 11.9 Å². The summed E-state index contributed by atoms with van der Waals surface area (Å²) in [7, 11) is 1.40. The molecule has 102 valence electrons. The normalized spacial score (nSPS) is 35.4. The summed E-state index contributed by atoms with van der Waals surface area (Å²) in [5.41, 5.74) is 0. The molecule has 0 heterocycles. The molecule has 0 radical (unpaired) electrons. The van der Waals surface area contributed by atoms with Crippen molar-refractivity contribution in [2.45, 2.75) is 51.6 Å². The zero-order chi connectivity index (χ0) is 13.1. The molecule has 0 saturated heterocycles. The fourth-order valence-corrected chi connectivity index (χ4v) is 3.59. The summed E-state index contributed by atoms with van der Waals surface area (Å²) in [4.78, 5) is 23.0. The summed E-state index contributed by atoms with van der Waals surface area (Å²) in [5.74, 6) is 0.422. The van der Waals surface area contributed by atoms with Gasteiger partial charge in [-0.3, -0.25) is 9.59 Å². The molecule has 2 fully saturated rings. The molecule has 0 N–H and O–H groups in total. The minimum atomic E-state index is -0.303. The van der Waals surface area contributed by atoms with Crippen LogP contribution in [-0.2, 0) is 19.1 Å². The molecule has 0 bridgehead atoms. The van der Waals surface area contributed by atoms with Gasteiger partial charge in [0, 0.05) is 6.92 Å². The Bertz CT molecular complexity index is 326. The average Bonchev–Trinajstić information content (AvgIpc) is 2.36. The van der Waals surface area contributed by atoms with E-state index >= 15 is 0 Å². The molecule has 0 unspecified atom stereocenters. The van der Waals surface area contributed by atoms with Crippen LogP contribution >= 0.6 is 0 Å². The first-order valence-electron chi connectivity index (χ1n) is 6.87. The highest BCUT2D eigenvalue weighted by atomic mass is 16.6. The van der Waals surface area contributed by atoms with Crippen molar-refractivity contribution in [2.75, 3.05) is 7.11 Å². The van der Waals surface area contributed by atoms with Crippen LogP contribution in [0, 0.1) is 17.8 Å². The molecule has 0 aromatic heterocycles. The highest BCUT2D eigenvalue weighted by Gasteiger charge is 2.43. The van der Waals surface area contributed by atoms with Gasteiger partial charge in [-0.1, -0.05) is 25.7 Å². The smallest absolute Gasteiger partial charge is 0.312 e. The first-order chi connectivity index (χ1) is 8.61. The van der Waals surface area contributed by atoms with Gasteiger partial charge in [-0.15, -0.1) is 0 Å². The number of carbonyl (C=O) groups excluding carboxylic acids is 2. The van der Waals surface area contributed by atoms with Gasteiger partial charge in [-0.2, -0.15) is 0 Å². The van der Waals surface area contributed by atoms with Crippen molar-refractivity contribution in [3.05, 3.63) is 0 Å². The summed E-state index contributed by atoms with van der Waals surface area (Å²) in [6.45, 7) is 1.40. The molecule has 0 aliphatic heterocycles. The van der Waals surface area contributed by atoms with E-state index < -0.39 is 0 Å². The molecule has 4 heteroatoms. The fourth-order valence-electron chi connectivity index (χ4n) is 3.59. The van der Waals surface area contributed by atoms with Crippen LogP contribution in [0.1, 0.15) is 45.4 Å². The van der Waals surface area contributed by atoms with Crippen LogP contribution in [0.4, 0.5) is 0 Å². The number of rotatable bonds is 2. The van der Waals surface area contributed by atoms with Gasteiger partial charge in [-0.05, 0) is 24.7 Å². The van der Waals surface area contributed by atoms with Crippen LogP contribution in [0.3, 0.4) is 0 Å². The largest absolute Gasteiger partial charge is 0.469 e. The van der Waals surface area contributed by atoms with E-state index in [0.29, 0.717) is 11.8 Å². The lowest BCUT2D eigenvalue weighted by molar-refractivity contribution is -0.165. The number of methoxy groups -OCH3 is 1. The second-order valence-electron chi connectivity index (χ2n) is 5.55. The Morgan fingerprint density at radius 3 is 2.22 bits per heavy atom. The highest BCUT2D eigenvalue weighted by Crippen LogP contribution is 2.44. The Kier molecular flexibility index (Phi) is 4.25. The molecule has 0 aromatic carbocycles. The fraction of sp³-hybridized carbons (Fsp3) is 0.857. The highest BCUT2D eigenvalue weighted by molar-refractivity contribution is 5.74. The van der Waals surface area contributed by atoms with Gasteiger partial charge in [0.2, 0.25) is 0 Å². The van der Waals surface area contributed by atoms with Crippen molar-refractivity contribution < 1.29 is 19.1 Å². The molecule has 4 nitrogen and oxygen atoms in total. The topological polar surface area (TPSA) is 52.6 Å². The first-order valence-corrected chi connectivity index (χ1v) is 6.87. The predicted molar refractivity (Wildman–Crippen MR) is 65.7 cm³/mol. The SMILES string of the molecule is COC(=O)[C@H]1C[C@H]2CCCC[C@H]2C[C@@H]1OC(C)=O. The number of ether oxygens (including phenoxy) is 2. The first kappa shape index (κ1) is 13.4. The van der Waals surface area contributed by atoms with Gasteiger partial charge < -0.3 is 9.47 Å². The minimum absolute atomic E-state index is 0.231. The predicted octanol–water partition coefficient (Wildman–Crippen LogP) is 2.31. The van der Waals surface area contributed by atoms with E-state index in [-0.39, 0.29) is 24.0 Å². The van der Waals surface area contributed by atoms with E-state index in [1.54, 1.807) is 0 Å². The van der Waals surface area contributed by atoms with E-state index in [1.807, 2.05) is 0 Å². The average molecular weight is 254 g/mol. The van der Waals surface area contributed by atoms with E-state index in [2.05, 4.69) is 0 Å². The van der Waals surface area contributed by atoms with Gasteiger partial charge in [0.1, 0.15) is 6.10 Å². The Morgan fingerprint density at radius 1 is 1.06 bits per heavy atom. The third-order valence-corrected chi connectivity index (χ3v) is 4.43. The van der Waals surface area contributed by atoms with Crippen LogP contribution in [-0.4, -0.2) is 25.2 Å². The van der Waals surface area contributed by atoms with Gasteiger partial charge in [0.15, 0.2) is 0 Å². The van der Waals surface area contributed by atoms with E-state index in [0.717, 1.165) is 12.8 Å². The zero-order valence-corrected chi connectivity index (χ0v) is 11.2. The van der Waals surface area contributed by atoms with Crippen molar-refractivity contribution in [1.82, 2.24) is 0 Å². The summed E-state index contributed by atoms with van der Waals surface area (Å²) < 4.78 is 10.2. The van der Waals surface area contributed by atoms with Crippen LogP contribution in [0.25, 0.3) is 0 Å². The third kappa shape index (κ3) is 2.85. The molecular formula is C14H22O4. The summed E-state index contributed by atoms with van der Waals surface area (Å²) >= 11 is 0. The van der Waals surface area contributed by atoms with Crippen LogP contribution in [0.5, 0.6) is 0 Å². The van der Waals surface area contributed by atoms with Gasteiger partial charge in [0.25, 0.3) is 0 Å². The van der Waals surface area contributed by atoms with Crippen LogP contribution in [0.15, 0.2) is 0 Å². The third-order valence-electron chi connectivity index (χ3n) is 4.43. The summed E-state index contributed by atoms with van der Waals surface area (Å²) in [6.07, 6.45) is 6.28. The van der Waals surface area contributed by atoms with Crippen molar-refractivity contribution in [2.24, 2.45) is 17.8 Å². The molecule has 0 spiro atoms. The standard InChI is InChI=1S/C14H22O4/c1-9(15)18-13-8-11-6-4-3-5-10(11)7-12(13)14(16)17-2/h10-13H,3-8H2,1-2H3/t10-,11+,12+,13+/m1/s1. The van der Waals surface area contributed by atoms with Crippen molar-refractivity contribution in [3.8, 4) is 0 Å². The number of hydrogen-bond donors (Lipinski definition) is 0. The lowest BCUT2D eigenvalue weighted by atomic mass is 9.66. The van der Waals surface area contributed by atoms with E-state index in [1.165, 1.54) is 39.7 Å². The molecule has 18 heavy (non-hydrogen) atoms. The van der Waals surface area contributed by atoms with Gasteiger partial charge in [-0.25, -0.2) is 0 Å². The molecule has 0 aromatic rings. The maximum absolute atomic E-state index is 11.8. The zero-order valence-electron chi connectivity index (χ0n) is 11.2. The van der Waals surface area contributed by atoms with Crippen molar-refractivity contribution in [1.29, 1.82) is 0 Å². The second kappa shape index (κ2) is 5.72. The molecule has 0 amide bonds. The Hall–Kier alpha value is -1.06. The van der Waals surface area contributed by atoms with Crippen LogP contribution in [0.2, 0.25) is 0 Å².